The Morgan fingerprint density at radius 1 is 0.357 bits per heavy atom. The van der Waals surface area contributed by atoms with Crippen molar-refractivity contribution in [3.05, 3.63) is 194 Å². The molecule has 0 fully saturated rings. The van der Waals surface area contributed by atoms with Gasteiger partial charge in [-0.25, -0.2) is 0 Å². The van der Waals surface area contributed by atoms with E-state index >= 15 is 0 Å². The highest BCUT2D eigenvalue weighted by atomic mass is 16.3. The number of para-hydroxylation sites is 2. The number of pyridine rings is 1. The van der Waals surface area contributed by atoms with Gasteiger partial charge in [0.1, 0.15) is 11.2 Å². The third kappa shape index (κ3) is 4.61. The molecule has 0 spiro atoms. The predicted octanol–water partition coefficient (Wildman–Crippen LogP) is 14.5. The number of aromatic nitrogens is 2. The van der Waals surface area contributed by atoms with Gasteiger partial charge in [0, 0.05) is 39.0 Å². The average Bonchev–Trinajstić information content (AvgIpc) is 3.81. The Hall–Kier alpha value is -7.49. The van der Waals surface area contributed by atoms with Crippen LogP contribution in [0.15, 0.2) is 199 Å². The molecule has 0 unspecified atom stereocenters. The van der Waals surface area contributed by atoms with Crippen molar-refractivity contribution >= 4 is 76.1 Å². The number of benzene rings is 9. The van der Waals surface area contributed by atoms with Crippen LogP contribution < -0.4 is 0 Å². The van der Waals surface area contributed by atoms with Gasteiger partial charge in [0.15, 0.2) is 0 Å². The van der Waals surface area contributed by atoms with Crippen LogP contribution in [0.2, 0.25) is 0 Å². The van der Waals surface area contributed by atoms with Crippen molar-refractivity contribution in [2.24, 2.45) is 0 Å². The van der Waals surface area contributed by atoms with Crippen molar-refractivity contribution in [3.63, 3.8) is 0 Å². The fraction of sp³-hybridized carbons (Fsp3) is 0. The summed E-state index contributed by atoms with van der Waals surface area (Å²) in [6.07, 6.45) is 1.92. The molecule has 56 heavy (non-hydrogen) atoms. The summed E-state index contributed by atoms with van der Waals surface area (Å²) in [6, 6.07) is 67.6. The Morgan fingerprint density at radius 2 is 0.964 bits per heavy atom. The summed E-state index contributed by atoms with van der Waals surface area (Å²) >= 11 is 0. The Balaban J connectivity index is 1.02. The molecule has 0 saturated carbocycles. The van der Waals surface area contributed by atoms with Crippen molar-refractivity contribution in [3.8, 4) is 39.2 Å². The van der Waals surface area contributed by atoms with Gasteiger partial charge in [-0.15, -0.1) is 0 Å². The van der Waals surface area contributed by atoms with E-state index < -0.39 is 0 Å². The van der Waals surface area contributed by atoms with Crippen molar-refractivity contribution in [2.45, 2.75) is 0 Å². The second kappa shape index (κ2) is 12.0. The molecule has 0 amide bonds. The van der Waals surface area contributed by atoms with Crippen molar-refractivity contribution in [2.75, 3.05) is 0 Å². The fourth-order valence-electron chi connectivity index (χ4n) is 9.04. The Kier molecular flexibility index (Phi) is 6.63. The maximum absolute atomic E-state index is 6.81. The summed E-state index contributed by atoms with van der Waals surface area (Å²) in [4.78, 5) is 4.93. The first kappa shape index (κ1) is 30.9. The molecule has 3 aromatic heterocycles. The van der Waals surface area contributed by atoms with Gasteiger partial charge in [-0.05, 0) is 109 Å². The van der Waals surface area contributed by atoms with Gasteiger partial charge in [0.05, 0.1) is 16.7 Å². The minimum absolute atomic E-state index is 0.852. The molecule has 3 nitrogen and oxygen atoms in total. The molecule has 0 aliphatic heterocycles. The van der Waals surface area contributed by atoms with Crippen LogP contribution in [0.3, 0.4) is 0 Å². The predicted molar refractivity (Wildman–Crippen MR) is 235 cm³/mol. The summed E-state index contributed by atoms with van der Waals surface area (Å²) in [6.45, 7) is 0. The maximum atomic E-state index is 6.81. The van der Waals surface area contributed by atoms with Gasteiger partial charge in [0.25, 0.3) is 0 Å². The van der Waals surface area contributed by atoms with E-state index in [0.29, 0.717) is 0 Å². The molecule has 0 bridgehead atoms. The van der Waals surface area contributed by atoms with E-state index in [0.717, 1.165) is 50.0 Å². The zero-order valence-electron chi connectivity index (χ0n) is 30.3. The summed E-state index contributed by atoms with van der Waals surface area (Å²) in [5.74, 6) is 0. The second-order valence-electron chi connectivity index (χ2n) is 14.7. The van der Waals surface area contributed by atoms with E-state index in [4.69, 9.17) is 9.40 Å². The van der Waals surface area contributed by atoms with Crippen LogP contribution in [0.5, 0.6) is 0 Å². The first-order valence-electron chi connectivity index (χ1n) is 19.1. The lowest BCUT2D eigenvalue weighted by atomic mass is 9.93. The monoisotopic (exact) mass is 712 g/mol. The van der Waals surface area contributed by atoms with Crippen LogP contribution in [-0.2, 0) is 0 Å². The Morgan fingerprint density at radius 3 is 1.77 bits per heavy atom. The molecule has 12 aromatic rings. The molecule has 0 atom stereocenters. The van der Waals surface area contributed by atoms with Gasteiger partial charge in [-0.1, -0.05) is 133 Å². The van der Waals surface area contributed by atoms with E-state index in [9.17, 15) is 0 Å². The lowest BCUT2D eigenvalue weighted by molar-refractivity contribution is 0.670. The Bertz CT molecular complexity index is 3540. The summed E-state index contributed by atoms with van der Waals surface area (Å²) in [5.41, 5.74) is 11.7. The Labute approximate surface area is 322 Å². The van der Waals surface area contributed by atoms with Crippen molar-refractivity contribution < 1.29 is 4.42 Å². The number of fused-ring (bicyclic) bond motifs is 12. The van der Waals surface area contributed by atoms with Crippen LogP contribution >= 0.6 is 0 Å². The number of hydrogen-bond donors (Lipinski definition) is 0. The van der Waals surface area contributed by atoms with Gasteiger partial charge in [-0.3, -0.25) is 4.98 Å². The third-order valence-corrected chi connectivity index (χ3v) is 11.6. The molecule has 0 aliphatic rings. The van der Waals surface area contributed by atoms with E-state index in [2.05, 4.69) is 193 Å². The molecule has 0 aliphatic carbocycles. The van der Waals surface area contributed by atoms with Crippen LogP contribution in [-0.4, -0.2) is 9.55 Å². The molecule has 0 radical (unpaired) electrons. The van der Waals surface area contributed by atoms with E-state index in [1.165, 1.54) is 65.3 Å². The van der Waals surface area contributed by atoms with E-state index in [1.54, 1.807) is 0 Å². The summed E-state index contributed by atoms with van der Waals surface area (Å²) in [7, 11) is 0. The second-order valence-corrected chi connectivity index (χ2v) is 14.7. The lowest BCUT2D eigenvalue weighted by Gasteiger charge is -2.11. The number of furan rings is 1. The van der Waals surface area contributed by atoms with Gasteiger partial charge in [0.2, 0.25) is 0 Å². The highest BCUT2D eigenvalue weighted by Crippen LogP contribution is 2.42. The van der Waals surface area contributed by atoms with Gasteiger partial charge < -0.3 is 8.98 Å². The molecule has 0 saturated heterocycles. The largest absolute Gasteiger partial charge is 0.455 e. The van der Waals surface area contributed by atoms with Gasteiger partial charge in [-0.2, -0.15) is 0 Å². The molecule has 12 rings (SSSR count). The first-order chi connectivity index (χ1) is 27.8. The lowest BCUT2D eigenvalue weighted by Crippen LogP contribution is -1.94. The molecular weight excluding hydrogens is 681 g/mol. The van der Waals surface area contributed by atoms with E-state index in [-0.39, 0.29) is 0 Å². The number of rotatable bonds is 4. The summed E-state index contributed by atoms with van der Waals surface area (Å²) < 4.78 is 9.20. The van der Waals surface area contributed by atoms with Crippen molar-refractivity contribution in [1.82, 2.24) is 9.55 Å². The molecule has 9 aromatic carbocycles. The zero-order chi connectivity index (χ0) is 36.7. The number of nitrogens with zero attached hydrogens (tertiary/aromatic N) is 2. The van der Waals surface area contributed by atoms with Crippen LogP contribution in [0.1, 0.15) is 0 Å². The quantitative estimate of drug-likeness (QED) is 0.170. The van der Waals surface area contributed by atoms with Crippen LogP contribution in [0.4, 0.5) is 0 Å². The maximum Gasteiger partial charge on any atom is 0.144 e. The SMILES string of the molecule is c1ccc(-c2cccc(-n3c4ccccc4c4ccc(-c5ccnc(-c6cccc7c6oc6cc8c9ccccc9c9ccccc9c8cc67)c5)cc43)c2)cc1. The highest BCUT2D eigenvalue weighted by molar-refractivity contribution is 6.28. The number of hydrogen-bond acceptors (Lipinski definition) is 2. The first-order valence-corrected chi connectivity index (χ1v) is 19.1. The third-order valence-electron chi connectivity index (χ3n) is 11.6. The summed E-state index contributed by atoms with van der Waals surface area (Å²) in [5, 5.41) is 12.1. The van der Waals surface area contributed by atoms with Crippen LogP contribution in [0, 0.1) is 0 Å². The van der Waals surface area contributed by atoms with Crippen molar-refractivity contribution in [1.29, 1.82) is 0 Å². The molecular formula is C53H32N2O. The molecule has 0 N–H and O–H groups in total. The molecule has 3 heteroatoms. The fourth-order valence-corrected chi connectivity index (χ4v) is 9.04. The standard InChI is InChI=1S/C53H32N2O/c1-2-12-33(13-3-1)34-14-10-15-37(28-34)55-50-23-9-8-20-42(50)43-25-24-35(30-51(43)55)36-26-27-54-49(29-36)45-22-11-21-44-48-31-46-40-18-6-4-16-38(40)39-17-5-7-19-41(39)47(46)32-52(48)56-53(44)45/h1-32H. The van der Waals surface area contributed by atoms with E-state index in [1.807, 2.05) is 6.20 Å². The molecule has 260 valence electrons. The zero-order valence-corrected chi connectivity index (χ0v) is 30.3. The van der Waals surface area contributed by atoms with Gasteiger partial charge >= 0.3 is 0 Å². The molecule has 3 heterocycles. The smallest absolute Gasteiger partial charge is 0.144 e. The normalized spacial score (nSPS) is 11.9. The van der Waals surface area contributed by atoms with Crippen LogP contribution in [0.25, 0.3) is 115 Å². The topological polar surface area (TPSA) is 31.0 Å². The minimum Gasteiger partial charge on any atom is -0.455 e. The highest BCUT2D eigenvalue weighted by Gasteiger charge is 2.18. The minimum atomic E-state index is 0.852. The average molecular weight is 713 g/mol.